The average molecular weight is 185 g/mol. The van der Waals surface area contributed by atoms with Gasteiger partial charge in [0, 0.05) is 6.42 Å². The average Bonchev–Trinajstić information content (AvgIpc) is 2.09. The molecule has 2 atom stereocenters. The Morgan fingerprint density at radius 2 is 2.46 bits per heavy atom. The van der Waals surface area contributed by atoms with Crippen molar-refractivity contribution >= 4 is 12.1 Å². The van der Waals surface area contributed by atoms with Gasteiger partial charge in [0.05, 0.1) is 6.21 Å². The molecule has 0 bridgehead atoms. The Hall–Kier alpha value is -0.940. The standard InChI is InChI=1S/C8H15N3O2/c1-2-3-4-5-7-9-6-8(12)10-11(7)13/h6-7,11H,2-5H2,1H3,(H,10,12). The van der Waals surface area contributed by atoms with Crippen LogP contribution < -0.4 is 10.6 Å². The molecule has 2 N–H and O–H groups in total. The third-order valence-electron chi connectivity index (χ3n) is 2.00. The molecule has 1 aliphatic heterocycles. The van der Waals surface area contributed by atoms with Crippen LogP contribution in [0.15, 0.2) is 4.99 Å². The van der Waals surface area contributed by atoms with Crippen molar-refractivity contribution in [2.24, 2.45) is 4.99 Å². The minimum atomic E-state index is -0.406. The molecule has 0 radical (unpaired) electrons. The monoisotopic (exact) mass is 185 g/mol. The summed E-state index contributed by atoms with van der Waals surface area (Å²) in [6.45, 7) is 2.10. The summed E-state index contributed by atoms with van der Waals surface area (Å²) >= 11 is 0. The van der Waals surface area contributed by atoms with Crippen LogP contribution in [0, 0.1) is 5.21 Å². The molecule has 1 heterocycles. The Morgan fingerprint density at radius 3 is 3.08 bits per heavy atom. The Bertz CT molecular complexity index is 206. The van der Waals surface area contributed by atoms with Gasteiger partial charge in [0.25, 0.3) is 0 Å². The van der Waals surface area contributed by atoms with E-state index in [1.165, 1.54) is 6.21 Å². The molecular weight excluding hydrogens is 170 g/mol. The molecule has 0 spiro atoms. The largest absolute Gasteiger partial charge is 0.606 e. The van der Waals surface area contributed by atoms with Crippen LogP contribution in [0.5, 0.6) is 0 Å². The van der Waals surface area contributed by atoms with Gasteiger partial charge < -0.3 is 5.21 Å². The van der Waals surface area contributed by atoms with Crippen molar-refractivity contribution in [2.75, 3.05) is 0 Å². The maximum absolute atomic E-state index is 11.2. The molecule has 0 aromatic rings. The van der Waals surface area contributed by atoms with E-state index in [1.54, 1.807) is 0 Å². The summed E-state index contributed by atoms with van der Waals surface area (Å²) in [6, 6.07) is 0. The molecule has 0 saturated carbocycles. The topological polar surface area (TPSA) is 69.0 Å². The number of carbonyl (C=O) groups excluding carboxylic acids is 1. The van der Waals surface area contributed by atoms with Crippen LogP contribution in [0.3, 0.4) is 0 Å². The Balaban J connectivity index is 2.32. The summed E-state index contributed by atoms with van der Waals surface area (Å²) in [5.41, 5.74) is 2.23. The van der Waals surface area contributed by atoms with E-state index < -0.39 is 5.91 Å². The van der Waals surface area contributed by atoms with Crippen molar-refractivity contribution in [3.8, 4) is 0 Å². The van der Waals surface area contributed by atoms with Gasteiger partial charge in [-0.1, -0.05) is 19.8 Å². The summed E-state index contributed by atoms with van der Waals surface area (Å²) in [5.74, 6) is -0.406. The molecule has 0 aromatic heterocycles. The van der Waals surface area contributed by atoms with E-state index in [0.29, 0.717) is 0 Å². The minimum absolute atomic E-state index is 0.261. The summed E-state index contributed by atoms with van der Waals surface area (Å²) in [6.07, 6.45) is 4.80. The highest BCUT2D eigenvalue weighted by Crippen LogP contribution is 2.02. The normalized spacial score (nSPS) is 27.4. The van der Waals surface area contributed by atoms with Gasteiger partial charge in [-0.2, -0.15) is 5.43 Å². The molecule has 2 unspecified atom stereocenters. The van der Waals surface area contributed by atoms with Gasteiger partial charge in [0.15, 0.2) is 0 Å². The van der Waals surface area contributed by atoms with Crippen molar-refractivity contribution < 1.29 is 9.97 Å². The molecule has 13 heavy (non-hydrogen) atoms. The fraction of sp³-hybridized carbons (Fsp3) is 0.750. The molecule has 1 amide bonds. The quantitative estimate of drug-likeness (QED) is 0.453. The number of amides is 1. The Labute approximate surface area is 77.4 Å². The van der Waals surface area contributed by atoms with E-state index >= 15 is 0 Å². The predicted molar refractivity (Wildman–Crippen MR) is 48.9 cm³/mol. The fourth-order valence-corrected chi connectivity index (χ4v) is 1.26. The summed E-state index contributed by atoms with van der Waals surface area (Å²) in [7, 11) is 0. The SMILES string of the molecule is CCCCCC1N=CC(=O)N[NH+]1[O-]. The zero-order valence-electron chi connectivity index (χ0n) is 7.75. The third-order valence-corrected chi connectivity index (χ3v) is 2.00. The van der Waals surface area contributed by atoms with Gasteiger partial charge in [-0.25, -0.2) is 10.2 Å². The number of unbranched alkanes of at least 4 members (excludes halogenated alkanes) is 2. The van der Waals surface area contributed by atoms with E-state index in [9.17, 15) is 10.0 Å². The fourth-order valence-electron chi connectivity index (χ4n) is 1.26. The van der Waals surface area contributed by atoms with E-state index in [2.05, 4.69) is 17.3 Å². The second kappa shape index (κ2) is 4.94. The van der Waals surface area contributed by atoms with Crippen molar-refractivity contribution in [3.05, 3.63) is 5.21 Å². The van der Waals surface area contributed by atoms with Crippen molar-refractivity contribution in [1.29, 1.82) is 0 Å². The lowest BCUT2D eigenvalue weighted by molar-refractivity contribution is -0.912. The minimum Gasteiger partial charge on any atom is -0.606 e. The molecule has 0 aromatic carbocycles. The lowest BCUT2D eigenvalue weighted by Crippen LogP contribution is -3.19. The number of nitrogens with one attached hydrogen (secondary N) is 2. The van der Waals surface area contributed by atoms with Gasteiger partial charge in [-0.3, -0.25) is 4.79 Å². The number of carbonyl (C=O) groups is 1. The van der Waals surface area contributed by atoms with Gasteiger partial charge in [0.2, 0.25) is 6.17 Å². The van der Waals surface area contributed by atoms with E-state index in [0.717, 1.165) is 25.7 Å². The van der Waals surface area contributed by atoms with Crippen LogP contribution in [0.2, 0.25) is 0 Å². The van der Waals surface area contributed by atoms with Gasteiger partial charge in [-0.05, 0) is 6.42 Å². The number of nitrogens with zero attached hydrogens (tertiary/aromatic N) is 1. The highest BCUT2D eigenvalue weighted by atomic mass is 16.5. The zero-order chi connectivity index (χ0) is 9.68. The third kappa shape index (κ3) is 3.12. The first-order valence-corrected chi connectivity index (χ1v) is 4.62. The number of aliphatic imine (C=N–C) groups is 1. The van der Waals surface area contributed by atoms with Gasteiger partial charge in [0.1, 0.15) is 0 Å². The summed E-state index contributed by atoms with van der Waals surface area (Å²) < 4.78 is 0. The van der Waals surface area contributed by atoms with E-state index in [4.69, 9.17) is 0 Å². The number of quaternary nitrogens is 1. The van der Waals surface area contributed by atoms with E-state index in [-0.39, 0.29) is 11.3 Å². The molecular formula is C8H15N3O2. The predicted octanol–water partition coefficient (Wildman–Crippen LogP) is -0.609. The molecule has 74 valence electrons. The molecule has 0 saturated heterocycles. The van der Waals surface area contributed by atoms with E-state index in [1.807, 2.05) is 0 Å². The zero-order valence-corrected chi connectivity index (χ0v) is 7.75. The number of rotatable bonds is 4. The maximum atomic E-state index is 11.2. The Morgan fingerprint density at radius 1 is 1.69 bits per heavy atom. The first kappa shape index (κ1) is 10.1. The molecule has 1 rings (SSSR count). The van der Waals surface area contributed by atoms with Crippen LogP contribution in [0.4, 0.5) is 0 Å². The van der Waals surface area contributed by atoms with Crippen LogP contribution in [-0.4, -0.2) is 18.3 Å². The highest BCUT2D eigenvalue weighted by molar-refractivity contribution is 6.26. The number of hydrogen-bond acceptors (Lipinski definition) is 3. The summed E-state index contributed by atoms with van der Waals surface area (Å²) in [4.78, 5) is 14.5. The second-order valence-electron chi connectivity index (χ2n) is 3.14. The number of hydroxylamine groups is 1. The molecule has 1 aliphatic rings. The Kier molecular flexibility index (Phi) is 3.85. The number of hydrogen-bond donors (Lipinski definition) is 2. The van der Waals surface area contributed by atoms with Gasteiger partial charge in [-0.15, -0.1) is 0 Å². The summed E-state index contributed by atoms with van der Waals surface area (Å²) in [5, 5.41) is 10.9. The van der Waals surface area contributed by atoms with Crippen molar-refractivity contribution in [3.63, 3.8) is 0 Å². The van der Waals surface area contributed by atoms with Crippen LogP contribution in [0.1, 0.15) is 32.6 Å². The van der Waals surface area contributed by atoms with Crippen molar-refractivity contribution in [1.82, 2.24) is 5.43 Å². The second-order valence-corrected chi connectivity index (χ2v) is 3.14. The van der Waals surface area contributed by atoms with Crippen LogP contribution >= 0.6 is 0 Å². The first-order chi connectivity index (χ1) is 6.24. The molecule has 5 nitrogen and oxygen atoms in total. The van der Waals surface area contributed by atoms with Crippen LogP contribution in [-0.2, 0) is 4.79 Å². The first-order valence-electron chi connectivity index (χ1n) is 4.62. The lowest BCUT2D eigenvalue weighted by Gasteiger charge is -2.29. The maximum Gasteiger partial charge on any atom is 0.307 e. The van der Waals surface area contributed by atoms with Crippen molar-refractivity contribution in [2.45, 2.75) is 38.8 Å². The molecule has 5 heteroatoms. The lowest BCUT2D eigenvalue weighted by atomic mass is 10.2. The highest BCUT2D eigenvalue weighted by Gasteiger charge is 2.19. The van der Waals surface area contributed by atoms with Gasteiger partial charge >= 0.3 is 5.91 Å². The molecule has 0 aliphatic carbocycles. The van der Waals surface area contributed by atoms with Crippen LogP contribution in [0.25, 0.3) is 0 Å². The molecule has 0 fully saturated rings. The smallest absolute Gasteiger partial charge is 0.307 e.